The van der Waals surface area contributed by atoms with Crippen molar-refractivity contribution >= 4 is 0 Å². The van der Waals surface area contributed by atoms with Crippen LogP contribution >= 0.6 is 0 Å². The van der Waals surface area contributed by atoms with E-state index in [0.29, 0.717) is 5.75 Å². The van der Waals surface area contributed by atoms with Gasteiger partial charge in [0.25, 0.3) is 0 Å². The first-order chi connectivity index (χ1) is 13.7. The fraction of sp³-hybridized carbons (Fsp3) is 0.304. The van der Waals surface area contributed by atoms with E-state index in [1.807, 2.05) is 24.3 Å². The Bertz CT molecular complexity index is 933. The monoisotopic (exact) mass is 378 g/mol. The van der Waals surface area contributed by atoms with Crippen LogP contribution in [0.5, 0.6) is 17.2 Å². The lowest BCUT2D eigenvalue weighted by atomic mass is 9.99. The van der Waals surface area contributed by atoms with Crippen molar-refractivity contribution in [1.29, 1.82) is 0 Å². The first-order valence-electron chi connectivity index (χ1n) is 9.59. The Kier molecular flexibility index (Phi) is 5.26. The molecule has 5 heteroatoms. The molecule has 1 unspecified atom stereocenters. The molecule has 0 amide bonds. The number of para-hydroxylation sites is 1. The number of aryl methyl sites for hydroxylation is 1. The fourth-order valence-corrected chi connectivity index (χ4v) is 4.13. The van der Waals surface area contributed by atoms with Crippen LogP contribution in [0.3, 0.4) is 0 Å². The van der Waals surface area contributed by atoms with Crippen LogP contribution in [0.4, 0.5) is 0 Å². The maximum absolute atomic E-state index is 9.62. The highest BCUT2D eigenvalue weighted by molar-refractivity contribution is 5.50. The quantitative estimate of drug-likeness (QED) is 0.723. The Hall–Kier alpha value is -2.92. The van der Waals surface area contributed by atoms with Crippen molar-refractivity contribution < 1.29 is 14.6 Å². The number of hydrogen-bond acceptors (Lipinski definition) is 4. The second-order valence-electron chi connectivity index (χ2n) is 7.10. The second kappa shape index (κ2) is 7.98. The Morgan fingerprint density at radius 3 is 2.54 bits per heavy atom. The molecule has 1 aliphatic heterocycles. The maximum atomic E-state index is 9.62. The van der Waals surface area contributed by atoms with Crippen LogP contribution in [-0.2, 0) is 13.1 Å². The van der Waals surface area contributed by atoms with Crippen molar-refractivity contribution in [2.24, 2.45) is 0 Å². The van der Waals surface area contributed by atoms with E-state index in [1.54, 1.807) is 26.4 Å². The van der Waals surface area contributed by atoms with Gasteiger partial charge in [0.15, 0.2) is 11.5 Å². The van der Waals surface area contributed by atoms with E-state index in [1.165, 1.54) is 11.3 Å². The normalized spacial score (nSPS) is 17.0. The third-order valence-electron chi connectivity index (χ3n) is 5.40. The number of phenolic OH excluding ortho intramolecular Hbond substituents is 1. The van der Waals surface area contributed by atoms with Crippen molar-refractivity contribution in [2.75, 3.05) is 20.8 Å². The summed E-state index contributed by atoms with van der Waals surface area (Å²) in [6.07, 6.45) is 3.22. The van der Waals surface area contributed by atoms with Gasteiger partial charge in [0.1, 0.15) is 5.75 Å². The van der Waals surface area contributed by atoms with Crippen molar-refractivity contribution in [3.63, 3.8) is 0 Å². The molecule has 1 N–H and O–H groups in total. The molecule has 4 rings (SSSR count). The van der Waals surface area contributed by atoms with Gasteiger partial charge in [0.05, 0.1) is 20.3 Å². The summed E-state index contributed by atoms with van der Waals surface area (Å²) in [7, 11) is 3.37. The molecule has 0 spiro atoms. The van der Waals surface area contributed by atoms with Crippen molar-refractivity contribution in [3.8, 4) is 17.2 Å². The number of fused-ring (bicyclic) bond motifs is 1. The Morgan fingerprint density at radius 2 is 1.79 bits per heavy atom. The minimum atomic E-state index is 0.0522. The SMILES string of the molecule is COc1cccc(C2c3cccn3CCCN2Cc2ccc(O)cc2)c1OC. The highest BCUT2D eigenvalue weighted by atomic mass is 16.5. The van der Waals surface area contributed by atoms with Crippen LogP contribution in [0.15, 0.2) is 60.8 Å². The van der Waals surface area contributed by atoms with Gasteiger partial charge in [-0.25, -0.2) is 0 Å². The molecule has 0 fully saturated rings. The lowest BCUT2D eigenvalue weighted by molar-refractivity contribution is 0.215. The van der Waals surface area contributed by atoms with Gasteiger partial charge in [-0.2, -0.15) is 0 Å². The molecule has 0 radical (unpaired) electrons. The lowest BCUT2D eigenvalue weighted by Crippen LogP contribution is -2.29. The molecule has 28 heavy (non-hydrogen) atoms. The molecular weight excluding hydrogens is 352 g/mol. The molecule has 0 bridgehead atoms. The second-order valence-corrected chi connectivity index (χ2v) is 7.10. The van der Waals surface area contributed by atoms with E-state index in [-0.39, 0.29) is 6.04 Å². The molecule has 2 aromatic carbocycles. The first kappa shape index (κ1) is 18.4. The summed E-state index contributed by atoms with van der Waals surface area (Å²) in [5.74, 6) is 1.81. The van der Waals surface area contributed by atoms with Crippen LogP contribution in [0.25, 0.3) is 0 Å². The number of methoxy groups -OCH3 is 2. The Morgan fingerprint density at radius 1 is 0.964 bits per heavy atom. The van der Waals surface area contributed by atoms with E-state index in [2.05, 4.69) is 33.9 Å². The first-order valence-corrected chi connectivity index (χ1v) is 9.59. The number of hydrogen-bond donors (Lipinski definition) is 1. The summed E-state index contributed by atoms with van der Waals surface area (Å²) in [6, 6.07) is 17.9. The molecule has 146 valence electrons. The molecule has 1 aromatic heterocycles. The van der Waals surface area contributed by atoms with Gasteiger partial charge < -0.3 is 19.1 Å². The van der Waals surface area contributed by atoms with Crippen LogP contribution < -0.4 is 9.47 Å². The summed E-state index contributed by atoms with van der Waals surface area (Å²) >= 11 is 0. The molecule has 1 atom stereocenters. The number of aromatic hydroxyl groups is 1. The maximum Gasteiger partial charge on any atom is 0.165 e. The van der Waals surface area contributed by atoms with Gasteiger partial charge in [0.2, 0.25) is 0 Å². The molecular formula is C23H26N2O3. The minimum Gasteiger partial charge on any atom is -0.508 e. The van der Waals surface area contributed by atoms with Crippen LogP contribution in [-0.4, -0.2) is 35.3 Å². The van der Waals surface area contributed by atoms with Crippen LogP contribution in [0, 0.1) is 0 Å². The predicted octanol–water partition coefficient (Wildman–Crippen LogP) is 4.21. The molecule has 2 heterocycles. The topological polar surface area (TPSA) is 46.9 Å². The summed E-state index contributed by atoms with van der Waals surface area (Å²) in [5.41, 5.74) is 3.52. The average Bonchev–Trinajstić information content (AvgIpc) is 3.10. The number of rotatable bonds is 5. The molecule has 3 aromatic rings. The van der Waals surface area contributed by atoms with E-state index >= 15 is 0 Å². The summed E-state index contributed by atoms with van der Waals surface area (Å²) in [4.78, 5) is 2.47. The highest BCUT2D eigenvalue weighted by Crippen LogP contribution is 2.41. The molecule has 5 nitrogen and oxygen atoms in total. The van der Waals surface area contributed by atoms with Gasteiger partial charge >= 0.3 is 0 Å². The van der Waals surface area contributed by atoms with E-state index in [9.17, 15) is 5.11 Å². The number of aromatic nitrogens is 1. The highest BCUT2D eigenvalue weighted by Gasteiger charge is 2.30. The number of nitrogens with zero attached hydrogens (tertiary/aromatic N) is 2. The Labute approximate surface area is 165 Å². The fourth-order valence-electron chi connectivity index (χ4n) is 4.13. The summed E-state index contributed by atoms with van der Waals surface area (Å²) < 4.78 is 13.7. The van der Waals surface area contributed by atoms with Gasteiger partial charge in [-0.15, -0.1) is 0 Å². The average molecular weight is 378 g/mol. The number of phenols is 1. The van der Waals surface area contributed by atoms with Gasteiger partial charge in [-0.05, 0) is 42.3 Å². The summed E-state index contributed by atoms with van der Waals surface area (Å²) in [6.45, 7) is 2.75. The third-order valence-corrected chi connectivity index (χ3v) is 5.40. The van der Waals surface area contributed by atoms with Crippen LogP contribution in [0.1, 0.15) is 29.3 Å². The summed E-state index contributed by atoms with van der Waals surface area (Å²) in [5, 5.41) is 9.62. The Balaban J connectivity index is 1.80. The van der Waals surface area contributed by atoms with Crippen molar-refractivity contribution in [1.82, 2.24) is 9.47 Å². The van der Waals surface area contributed by atoms with E-state index in [0.717, 1.165) is 43.1 Å². The lowest BCUT2D eigenvalue weighted by Gasteiger charge is -2.32. The smallest absolute Gasteiger partial charge is 0.165 e. The zero-order chi connectivity index (χ0) is 19.5. The molecule has 1 aliphatic rings. The van der Waals surface area contributed by atoms with Crippen molar-refractivity contribution in [3.05, 3.63) is 77.6 Å². The van der Waals surface area contributed by atoms with Gasteiger partial charge in [0, 0.05) is 37.1 Å². The van der Waals surface area contributed by atoms with E-state index in [4.69, 9.17) is 9.47 Å². The predicted molar refractivity (Wildman–Crippen MR) is 109 cm³/mol. The standard InChI is InChI=1S/C23H26N2O3/c1-27-21-8-3-6-19(23(21)28-2)22-20-7-4-13-24(20)14-5-15-25(22)16-17-9-11-18(26)12-10-17/h3-4,6-13,22,26H,5,14-16H2,1-2H3. The van der Waals surface area contributed by atoms with Gasteiger partial charge in [-0.3, -0.25) is 4.90 Å². The number of benzene rings is 2. The largest absolute Gasteiger partial charge is 0.508 e. The van der Waals surface area contributed by atoms with Crippen LogP contribution in [0.2, 0.25) is 0 Å². The van der Waals surface area contributed by atoms with E-state index < -0.39 is 0 Å². The minimum absolute atomic E-state index is 0.0522. The van der Waals surface area contributed by atoms with Gasteiger partial charge in [-0.1, -0.05) is 24.3 Å². The molecule has 0 aliphatic carbocycles. The zero-order valence-corrected chi connectivity index (χ0v) is 16.3. The molecule has 0 saturated carbocycles. The van der Waals surface area contributed by atoms with Crippen molar-refractivity contribution in [2.45, 2.75) is 25.6 Å². The third kappa shape index (κ3) is 3.45. The number of ether oxygens (including phenoxy) is 2. The molecule has 0 saturated heterocycles. The zero-order valence-electron chi connectivity index (χ0n) is 16.3.